The van der Waals surface area contributed by atoms with Crippen LogP contribution in [0.4, 0.5) is 0 Å². The molecule has 2 rings (SSSR count). The Labute approximate surface area is 119 Å². The number of hydrogen-bond acceptors (Lipinski definition) is 4. The van der Waals surface area contributed by atoms with Crippen molar-refractivity contribution < 1.29 is 19.1 Å². The largest absolute Gasteiger partial charge is 0.466 e. The van der Waals surface area contributed by atoms with E-state index in [0.717, 1.165) is 24.0 Å². The van der Waals surface area contributed by atoms with Gasteiger partial charge in [0, 0.05) is 12.2 Å². The lowest BCUT2D eigenvalue weighted by Crippen LogP contribution is -2.04. The van der Waals surface area contributed by atoms with E-state index in [0.29, 0.717) is 11.8 Å². The predicted octanol–water partition coefficient (Wildman–Crippen LogP) is 2.79. The predicted molar refractivity (Wildman–Crippen MR) is 74.9 cm³/mol. The molecule has 0 amide bonds. The maximum atomic E-state index is 11.5. The number of carbonyl (C=O) groups is 2. The van der Waals surface area contributed by atoms with Gasteiger partial charge in [-0.2, -0.15) is 0 Å². The average Bonchev–Trinajstić information content (AvgIpc) is 3.31. The summed E-state index contributed by atoms with van der Waals surface area (Å²) in [5.74, 6) is 0.580. The molecule has 0 N–H and O–H groups in total. The van der Waals surface area contributed by atoms with Crippen molar-refractivity contribution in [2.75, 3.05) is 14.2 Å². The molecule has 0 aliphatic heterocycles. The first-order chi connectivity index (χ1) is 9.62. The molecule has 0 radical (unpaired) electrons. The molecule has 0 heterocycles. The summed E-state index contributed by atoms with van der Waals surface area (Å²) in [7, 11) is 2.75. The van der Waals surface area contributed by atoms with E-state index in [2.05, 4.69) is 0 Å². The van der Waals surface area contributed by atoms with Gasteiger partial charge in [0.05, 0.1) is 14.2 Å². The molecule has 0 atom stereocenters. The molecular weight excluding hydrogens is 256 g/mol. The average molecular weight is 278 g/mol. The Hall–Kier alpha value is -1.58. The molecule has 0 bridgehead atoms. The molecule has 2 aliphatic rings. The van der Waals surface area contributed by atoms with Gasteiger partial charge in [-0.1, -0.05) is 0 Å². The fourth-order valence-electron chi connectivity index (χ4n) is 2.23. The summed E-state index contributed by atoms with van der Waals surface area (Å²) in [6.07, 6.45) is 9.59. The standard InChI is InChI=1S/C16H22O4/c1-19-15(17)9-13(7-11-3-4-11)14(8-12-5-6-12)10-16(18)20-2/h9-12H,3-8H2,1-2H3/b13-9+,14-10+. The van der Waals surface area contributed by atoms with Gasteiger partial charge < -0.3 is 9.47 Å². The van der Waals surface area contributed by atoms with Gasteiger partial charge in [0.1, 0.15) is 0 Å². The molecule has 2 fully saturated rings. The molecule has 4 heteroatoms. The number of allylic oxidation sites excluding steroid dienone is 2. The highest BCUT2D eigenvalue weighted by atomic mass is 16.5. The molecule has 0 aromatic carbocycles. The zero-order chi connectivity index (χ0) is 14.5. The van der Waals surface area contributed by atoms with Crippen LogP contribution in [-0.4, -0.2) is 26.2 Å². The molecule has 2 saturated carbocycles. The minimum Gasteiger partial charge on any atom is -0.466 e. The van der Waals surface area contributed by atoms with Crippen LogP contribution >= 0.6 is 0 Å². The van der Waals surface area contributed by atoms with E-state index in [9.17, 15) is 9.59 Å². The van der Waals surface area contributed by atoms with Crippen LogP contribution in [0, 0.1) is 11.8 Å². The quantitative estimate of drug-likeness (QED) is 0.408. The summed E-state index contributed by atoms with van der Waals surface area (Å²) in [4.78, 5) is 23.1. The summed E-state index contributed by atoms with van der Waals surface area (Å²) in [5.41, 5.74) is 1.88. The Balaban J connectivity index is 2.18. The van der Waals surface area contributed by atoms with Crippen LogP contribution in [0.15, 0.2) is 23.3 Å². The van der Waals surface area contributed by atoms with Gasteiger partial charge in [-0.25, -0.2) is 9.59 Å². The highest BCUT2D eigenvalue weighted by molar-refractivity contribution is 5.86. The van der Waals surface area contributed by atoms with Crippen molar-refractivity contribution in [3.05, 3.63) is 23.3 Å². The van der Waals surface area contributed by atoms with E-state index >= 15 is 0 Å². The molecule has 20 heavy (non-hydrogen) atoms. The van der Waals surface area contributed by atoms with E-state index < -0.39 is 0 Å². The molecule has 2 aliphatic carbocycles. The molecule has 110 valence electrons. The minimum absolute atomic E-state index is 0.354. The van der Waals surface area contributed by atoms with Crippen LogP contribution in [0.2, 0.25) is 0 Å². The van der Waals surface area contributed by atoms with Crippen LogP contribution in [0.3, 0.4) is 0 Å². The van der Waals surface area contributed by atoms with Crippen LogP contribution < -0.4 is 0 Å². The van der Waals surface area contributed by atoms with E-state index in [1.807, 2.05) is 0 Å². The summed E-state index contributed by atoms with van der Waals surface area (Å²) < 4.78 is 9.45. The molecule has 0 aromatic rings. The highest BCUT2D eigenvalue weighted by Crippen LogP contribution is 2.41. The molecule has 0 aromatic heterocycles. The van der Waals surface area contributed by atoms with Gasteiger partial charge in [-0.15, -0.1) is 0 Å². The lowest BCUT2D eigenvalue weighted by Gasteiger charge is -2.11. The van der Waals surface area contributed by atoms with Crippen molar-refractivity contribution in [1.82, 2.24) is 0 Å². The summed E-state index contributed by atoms with van der Waals surface area (Å²) >= 11 is 0. The second-order valence-corrected chi connectivity index (χ2v) is 5.68. The number of ether oxygens (including phenoxy) is 2. The minimum atomic E-state index is -0.354. The first kappa shape index (κ1) is 14.8. The zero-order valence-electron chi connectivity index (χ0n) is 12.2. The van der Waals surface area contributed by atoms with Gasteiger partial charge >= 0.3 is 11.9 Å². The van der Waals surface area contributed by atoms with Crippen molar-refractivity contribution in [1.29, 1.82) is 0 Å². The van der Waals surface area contributed by atoms with Crippen molar-refractivity contribution in [3.8, 4) is 0 Å². The van der Waals surface area contributed by atoms with Crippen LogP contribution in [0.25, 0.3) is 0 Å². The topological polar surface area (TPSA) is 52.6 Å². The van der Waals surface area contributed by atoms with E-state index in [1.54, 1.807) is 0 Å². The van der Waals surface area contributed by atoms with Gasteiger partial charge in [0.2, 0.25) is 0 Å². The second kappa shape index (κ2) is 6.73. The highest BCUT2D eigenvalue weighted by Gasteiger charge is 2.28. The van der Waals surface area contributed by atoms with Crippen LogP contribution in [-0.2, 0) is 19.1 Å². The summed E-state index contributed by atoms with van der Waals surface area (Å²) in [6.45, 7) is 0. The number of rotatable bonds is 7. The van der Waals surface area contributed by atoms with E-state index in [1.165, 1.54) is 52.1 Å². The zero-order valence-corrected chi connectivity index (χ0v) is 12.2. The van der Waals surface area contributed by atoms with Crippen LogP contribution in [0.1, 0.15) is 38.5 Å². The number of hydrogen-bond donors (Lipinski definition) is 0. The number of carbonyl (C=O) groups excluding carboxylic acids is 2. The maximum Gasteiger partial charge on any atom is 0.330 e. The van der Waals surface area contributed by atoms with Gasteiger partial charge in [0.15, 0.2) is 0 Å². The van der Waals surface area contributed by atoms with E-state index in [4.69, 9.17) is 9.47 Å². The Kier molecular flexibility index (Phi) is 4.99. The Morgan fingerprint density at radius 2 is 1.20 bits per heavy atom. The third-order valence-corrected chi connectivity index (χ3v) is 3.81. The number of esters is 2. The normalized spacial score (nSPS) is 19.7. The summed E-state index contributed by atoms with van der Waals surface area (Å²) in [6, 6.07) is 0. The van der Waals surface area contributed by atoms with E-state index in [-0.39, 0.29) is 11.9 Å². The smallest absolute Gasteiger partial charge is 0.330 e. The van der Waals surface area contributed by atoms with Crippen molar-refractivity contribution in [2.45, 2.75) is 38.5 Å². The Bertz CT molecular complexity index is 397. The Morgan fingerprint density at radius 1 is 0.850 bits per heavy atom. The van der Waals surface area contributed by atoms with Gasteiger partial charge in [-0.05, 0) is 61.5 Å². The third-order valence-electron chi connectivity index (χ3n) is 3.81. The van der Waals surface area contributed by atoms with Gasteiger partial charge in [-0.3, -0.25) is 0 Å². The summed E-state index contributed by atoms with van der Waals surface area (Å²) in [5, 5.41) is 0. The fourth-order valence-corrected chi connectivity index (χ4v) is 2.23. The lowest BCUT2D eigenvalue weighted by molar-refractivity contribution is -0.135. The first-order valence-corrected chi connectivity index (χ1v) is 7.19. The molecule has 0 saturated heterocycles. The second-order valence-electron chi connectivity index (χ2n) is 5.68. The first-order valence-electron chi connectivity index (χ1n) is 7.19. The fraction of sp³-hybridized carbons (Fsp3) is 0.625. The molecule has 0 spiro atoms. The third kappa shape index (κ3) is 4.83. The molecular formula is C16H22O4. The number of methoxy groups -OCH3 is 2. The van der Waals surface area contributed by atoms with Crippen molar-refractivity contribution in [3.63, 3.8) is 0 Å². The van der Waals surface area contributed by atoms with Crippen molar-refractivity contribution in [2.24, 2.45) is 11.8 Å². The van der Waals surface area contributed by atoms with Crippen LogP contribution in [0.5, 0.6) is 0 Å². The van der Waals surface area contributed by atoms with Crippen molar-refractivity contribution >= 4 is 11.9 Å². The Morgan fingerprint density at radius 3 is 1.45 bits per heavy atom. The maximum absolute atomic E-state index is 11.5. The lowest BCUT2D eigenvalue weighted by atomic mass is 9.95. The van der Waals surface area contributed by atoms with Gasteiger partial charge in [0.25, 0.3) is 0 Å². The SMILES string of the molecule is COC(=O)/C=C(CC1CC1)/C(=C/C(=O)OC)CC1CC1. The monoisotopic (exact) mass is 278 g/mol. The molecule has 4 nitrogen and oxygen atoms in total. The molecule has 0 unspecified atom stereocenters.